The Morgan fingerprint density at radius 1 is 0.477 bits per heavy atom. The first kappa shape index (κ1) is 48.1. The van der Waals surface area contributed by atoms with Gasteiger partial charge in [-0.2, -0.15) is 0 Å². The molecule has 2 aromatic rings. The third-order valence-electron chi connectivity index (χ3n) is 6.02. The summed E-state index contributed by atoms with van der Waals surface area (Å²) >= 11 is 0. The van der Waals surface area contributed by atoms with Gasteiger partial charge in [-0.05, 0) is 64.5 Å². The quantitative estimate of drug-likeness (QED) is 0.332. The summed E-state index contributed by atoms with van der Waals surface area (Å²) in [6.45, 7) is 16.3. The smallest absolute Gasteiger partial charge is 0.355 e. The van der Waals surface area contributed by atoms with Gasteiger partial charge in [-0.15, -0.1) is 0 Å². The van der Waals surface area contributed by atoms with E-state index in [-0.39, 0.29) is 44.6 Å². The first-order chi connectivity index (χ1) is 17.9. The van der Waals surface area contributed by atoms with Crippen LogP contribution in [0.1, 0.15) is 44.6 Å². The minimum absolute atomic E-state index is 0. The molecule has 4 atom stereocenters. The number of ether oxygens (including phenoxy) is 2. The highest BCUT2D eigenvalue weighted by molar-refractivity contribution is 6.82. The van der Waals surface area contributed by atoms with Crippen LogP contribution >= 0.6 is 0 Å². The fourth-order valence-corrected chi connectivity index (χ4v) is 32.6. The number of benzene rings is 2. The van der Waals surface area contributed by atoms with Gasteiger partial charge < -0.3 is 42.4 Å². The summed E-state index contributed by atoms with van der Waals surface area (Å²) in [5, 5.41) is 1.92. The fourth-order valence-electron chi connectivity index (χ4n) is 4.76. The third-order valence-corrected chi connectivity index (χ3v) is 32.9. The normalized spacial score (nSPS) is 32.0. The van der Waals surface area contributed by atoms with Crippen LogP contribution in [0.15, 0.2) is 36.4 Å². The molecule has 0 spiro atoms. The van der Waals surface area contributed by atoms with Gasteiger partial charge in [0, 0.05) is 10.8 Å². The second-order valence-electron chi connectivity index (χ2n) is 9.87. The molecule has 0 bridgehead atoms. The van der Waals surface area contributed by atoms with Crippen molar-refractivity contribution in [2.45, 2.75) is 96.9 Å². The average Bonchev–Trinajstić information content (AvgIpc) is 2.79. The van der Waals surface area contributed by atoms with Crippen LogP contribution in [0.2, 0.25) is 52.4 Å². The van der Waals surface area contributed by atoms with Crippen LogP contribution in [0.3, 0.4) is 0 Å². The highest BCUT2D eigenvalue weighted by Gasteiger charge is 2.42. The lowest BCUT2D eigenvalue weighted by Crippen LogP contribution is -2.56. The highest BCUT2D eigenvalue weighted by atomic mass is 28.5. The van der Waals surface area contributed by atoms with E-state index >= 15 is 0 Å². The van der Waals surface area contributed by atoms with Crippen LogP contribution < -0.4 is 9.47 Å². The van der Waals surface area contributed by atoms with Crippen LogP contribution in [0.4, 0.5) is 0 Å². The number of hydrogen-bond donors (Lipinski definition) is 0. The van der Waals surface area contributed by atoms with Crippen molar-refractivity contribution in [3.05, 3.63) is 36.4 Å². The molecule has 0 radical (unpaired) electrons. The van der Waals surface area contributed by atoms with Gasteiger partial charge in [-0.3, -0.25) is 0 Å². The van der Waals surface area contributed by atoms with E-state index in [1.807, 2.05) is 88.8 Å². The van der Waals surface area contributed by atoms with E-state index in [0.717, 1.165) is 22.3 Å². The van der Waals surface area contributed by atoms with Gasteiger partial charge in [0.25, 0.3) is 55.7 Å². The molecule has 18 heteroatoms. The molecule has 4 unspecified atom stereocenters. The molecule has 0 N–H and O–H groups in total. The molecular formula is C26H64O10Si8. The monoisotopic (exact) mass is 760 g/mol. The Bertz CT molecular complexity index is 980. The summed E-state index contributed by atoms with van der Waals surface area (Å²) in [5.41, 5.74) is 0. The van der Waals surface area contributed by atoms with Crippen molar-refractivity contribution in [1.82, 2.24) is 0 Å². The van der Waals surface area contributed by atoms with Crippen molar-refractivity contribution in [2.75, 3.05) is 12.5 Å². The van der Waals surface area contributed by atoms with Crippen LogP contribution in [0.25, 0.3) is 10.8 Å². The topological polar surface area (TPSA) is 92.3 Å². The number of fused-ring (bicyclic) bond motifs is 1. The Morgan fingerprint density at radius 2 is 0.750 bits per heavy atom. The zero-order chi connectivity index (χ0) is 27.5. The number of rotatable bonds is 6. The van der Waals surface area contributed by atoms with Gasteiger partial charge in [0.15, 0.2) is 0 Å². The third kappa shape index (κ3) is 13.4. The van der Waals surface area contributed by atoms with E-state index in [1.165, 1.54) is 0 Å². The van der Waals surface area contributed by atoms with Gasteiger partial charge in [0.05, 0.1) is 0 Å². The summed E-state index contributed by atoms with van der Waals surface area (Å²) in [4.78, 5) is 0. The summed E-state index contributed by atoms with van der Waals surface area (Å²) in [5.74, 6) is 1.52. The van der Waals surface area contributed by atoms with E-state index in [4.69, 9.17) is 42.4 Å². The van der Waals surface area contributed by atoms with E-state index in [0.29, 0.717) is 12.5 Å². The first-order valence-corrected chi connectivity index (χ1v) is 30.7. The maximum Gasteiger partial charge on any atom is 0.355 e. The van der Waals surface area contributed by atoms with Crippen LogP contribution in [-0.2, 0) is 32.9 Å². The Balaban J connectivity index is -0.00000280. The zero-order valence-electron chi connectivity index (χ0n) is 23.4. The predicted molar refractivity (Wildman–Crippen MR) is 205 cm³/mol. The van der Waals surface area contributed by atoms with E-state index in [2.05, 4.69) is 0 Å². The predicted octanol–water partition coefficient (Wildman–Crippen LogP) is 5.90. The molecule has 0 saturated carbocycles. The lowest BCUT2D eigenvalue weighted by atomic mass is 10.1. The lowest BCUT2D eigenvalue weighted by Gasteiger charge is -2.37. The minimum Gasteiger partial charge on any atom is -0.491 e. The molecule has 2 aromatic carbocycles. The Morgan fingerprint density at radius 3 is 1.02 bits per heavy atom. The minimum atomic E-state index is -2.63. The molecule has 2 heterocycles. The summed E-state index contributed by atoms with van der Waals surface area (Å²) in [6.07, 6.45) is 0.710. The van der Waals surface area contributed by atoms with Crippen molar-refractivity contribution < 1.29 is 42.4 Å². The lowest BCUT2D eigenvalue weighted by molar-refractivity contribution is 0.240. The SMILES string of the molecule is C.C.C.C.C.C.C[SiH]1O[SiH](C)O[Si](C)(COc2ccc(OC[Si]3(C)O[SiH](C)O[SiH](C)O[SiH](C)O3)c3ccccc23)O[SiH](C)O1. The number of hydrogen-bond acceptors (Lipinski definition) is 10. The summed E-state index contributed by atoms with van der Waals surface area (Å²) < 4.78 is 62.4. The Hall–Kier alpha value is -0.285. The molecule has 2 aliphatic heterocycles. The molecule has 2 fully saturated rings. The van der Waals surface area contributed by atoms with Gasteiger partial charge >= 0.3 is 17.1 Å². The molecule has 44 heavy (non-hydrogen) atoms. The molecule has 260 valence electrons. The summed E-state index contributed by atoms with van der Waals surface area (Å²) in [6, 6.07) is 12.0. The summed E-state index contributed by atoms with van der Waals surface area (Å²) in [7, 11) is -16.0. The maximum absolute atomic E-state index is 6.38. The molecule has 4 rings (SSSR count). The molecular weight excluding hydrogens is 697 g/mol. The largest absolute Gasteiger partial charge is 0.491 e. The van der Waals surface area contributed by atoms with Crippen molar-refractivity contribution in [3.63, 3.8) is 0 Å². The molecule has 10 nitrogen and oxygen atoms in total. The average molecular weight is 761 g/mol. The fraction of sp³-hybridized carbons (Fsp3) is 0.615. The second kappa shape index (κ2) is 20.8. The zero-order valence-corrected chi connectivity index (χ0v) is 32.4. The van der Waals surface area contributed by atoms with Crippen molar-refractivity contribution in [3.8, 4) is 11.5 Å². The van der Waals surface area contributed by atoms with Gasteiger partial charge in [-0.1, -0.05) is 68.8 Å². The van der Waals surface area contributed by atoms with Crippen LogP contribution in [0, 0.1) is 0 Å². The van der Waals surface area contributed by atoms with Crippen LogP contribution in [0.5, 0.6) is 11.5 Å². The molecule has 0 aliphatic carbocycles. The molecule has 2 aliphatic rings. The highest BCUT2D eigenvalue weighted by Crippen LogP contribution is 2.34. The second-order valence-corrected chi connectivity index (χ2v) is 29.9. The Kier molecular flexibility index (Phi) is 22.8. The molecule has 2 saturated heterocycles. The maximum atomic E-state index is 6.38. The van der Waals surface area contributed by atoms with Crippen molar-refractivity contribution >= 4 is 83.6 Å². The van der Waals surface area contributed by atoms with Gasteiger partial charge in [0.1, 0.15) is 24.0 Å². The van der Waals surface area contributed by atoms with Gasteiger partial charge in [0.2, 0.25) is 0 Å². The molecule has 0 amide bonds. The van der Waals surface area contributed by atoms with Crippen LogP contribution in [-0.4, -0.2) is 85.3 Å². The van der Waals surface area contributed by atoms with E-state index in [1.54, 1.807) is 0 Å². The van der Waals surface area contributed by atoms with E-state index < -0.39 is 72.8 Å². The standard InChI is InChI=1S/C20H40O10Si8.6CH4/c1-31-23-33(3)27-37(7,28-34(4)24-31)15-21-19-13-14-20(18-12-10-9-11-17(18)19)22-16-38(8)29-35(5)25-32(2)26-36(6)30-38;;;;;;/h9-14,31-36H,15-16H2,1-8H3;6*1H4. The van der Waals surface area contributed by atoms with Crippen molar-refractivity contribution in [2.24, 2.45) is 0 Å². The van der Waals surface area contributed by atoms with E-state index in [9.17, 15) is 0 Å². The van der Waals surface area contributed by atoms with Gasteiger partial charge in [-0.25, -0.2) is 0 Å². The Labute approximate surface area is 282 Å². The molecule has 0 aromatic heterocycles. The first-order valence-electron chi connectivity index (χ1n) is 13.0. The van der Waals surface area contributed by atoms with Crippen molar-refractivity contribution in [1.29, 1.82) is 0 Å².